The summed E-state index contributed by atoms with van der Waals surface area (Å²) in [6, 6.07) is 60.7. The van der Waals surface area contributed by atoms with Crippen LogP contribution < -0.4 is 0 Å². The molecule has 14 rings (SSSR count). The first-order chi connectivity index (χ1) is 29.2. The summed E-state index contributed by atoms with van der Waals surface area (Å²) >= 11 is 0. The Bertz CT molecular complexity index is 3610. The maximum atomic E-state index is 2.68. The van der Waals surface area contributed by atoms with Crippen molar-refractivity contribution in [2.45, 2.75) is 57.4 Å². The van der Waals surface area contributed by atoms with Crippen molar-refractivity contribution >= 4 is 43.4 Å². The van der Waals surface area contributed by atoms with Gasteiger partial charge < -0.3 is 4.57 Å². The smallest absolute Gasteiger partial charge is 0.0579 e. The Balaban J connectivity index is 0.871. The van der Waals surface area contributed by atoms with Crippen molar-refractivity contribution in [3.63, 3.8) is 0 Å². The normalized spacial score (nSPS) is 18.0. The molecular weight excluding hydrogens is 723 g/mol. The fourth-order valence-electron chi connectivity index (χ4n) is 13.1. The van der Waals surface area contributed by atoms with Crippen molar-refractivity contribution in [3.05, 3.63) is 191 Å². The van der Waals surface area contributed by atoms with Gasteiger partial charge in [0.2, 0.25) is 0 Å². The summed E-state index contributed by atoms with van der Waals surface area (Å²) in [6.07, 6.45) is 0. The van der Waals surface area contributed by atoms with Crippen molar-refractivity contribution < 1.29 is 0 Å². The monoisotopic (exact) mass is 765 g/mol. The van der Waals surface area contributed by atoms with E-state index in [0.29, 0.717) is 11.8 Å². The highest BCUT2D eigenvalue weighted by Gasteiger charge is 2.49. The van der Waals surface area contributed by atoms with Gasteiger partial charge in [0, 0.05) is 38.9 Å². The van der Waals surface area contributed by atoms with E-state index in [1.165, 1.54) is 132 Å². The zero-order chi connectivity index (χ0) is 40.0. The molecule has 0 saturated carbocycles. The van der Waals surface area contributed by atoms with Crippen LogP contribution in [0.15, 0.2) is 158 Å². The van der Waals surface area contributed by atoms with Crippen LogP contribution in [0.2, 0.25) is 0 Å². The molecule has 0 saturated heterocycles. The molecule has 0 amide bonds. The summed E-state index contributed by atoms with van der Waals surface area (Å²) in [5, 5.41) is 8.29. The van der Waals surface area contributed by atoms with Crippen molar-refractivity contribution in [2.75, 3.05) is 0 Å². The molecule has 10 aromatic rings. The maximum Gasteiger partial charge on any atom is 0.0579 e. The highest BCUT2D eigenvalue weighted by molar-refractivity contribution is 6.21. The molecule has 1 heteroatoms. The summed E-state index contributed by atoms with van der Waals surface area (Å²) in [6.45, 7) is 12.1. The average Bonchev–Trinajstić information content (AvgIpc) is 3.98. The fourth-order valence-corrected chi connectivity index (χ4v) is 13.1. The van der Waals surface area contributed by atoms with E-state index in [0.717, 1.165) is 0 Å². The minimum absolute atomic E-state index is 0.0359. The van der Waals surface area contributed by atoms with Crippen molar-refractivity contribution in [3.8, 4) is 55.6 Å². The van der Waals surface area contributed by atoms with E-state index < -0.39 is 0 Å². The van der Waals surface area contributed by atoms with Crippen LogP contribution in [0.3, 0.4) is 0 Å². The molecule has 1 nitrogen and oxygen atoms in total. The van der Waals surface area contributed by atoms with Gasteiger partial charge >= 0.3 is 0 Å². The zero-order valence-electron chi connectivity index (χ0n) is 34.6. The van der Waals surface area contributed by atoms with Gasteiger partial charge in [0.1, 0.15) is 0 Å². The van der Waals surface area contributed by atoms with E-state index >= 15 is 0 Å². The average molecular weight is 766 g/mol. The van der Waals surface area contributed by atoms with E-state index in [2.05, 4.69) is 197 Å². The molecule has 2 unspecified atom stereocenters. The summed E-state index contributed by atoms with van der Waals surface area (Å²) in [5.41, 5.74) is 24.7. The van der Waals surface area contributed by atoms with E-state index in [9.17, 15) is 0 Å². The lowest BCUT2D eigenvalue weighted by molar-refractivity contribution is 0.332. The molecule has 1 aliphatic heterocycles. The number of aromatic nitrogens is 1. The van der Waals surface area contributed by atoms with Gasteiger partial charge in [0.15, 0.2) is 0 Å². The van der Waals surface area contributed by atoms with Crippen LogP contribution >= 0.6 is 0 Å². The summed E-state index contributed by atoms with van der Waals surface area (Å²) in [4.78, 5) is 0. The van der Waals surface area contributed by atoms with Gasteiger partial charge in [-0.2, -0.15) is 0 Å². The minimum Gasteiger partial charge on any atom is -0.333 e. The second-order valence-electron chi connectivity index (χ2n) is 19.3. The lowest BCUT2D eigenvalue weighted by Crippen LogP contribution is -2.35. The maximum absolute atomic E-state index is 2.68. The van der Waals surface area contributed by atoms with Gasteiger partial charge in [-0.1, -0.05) is 153 Å². The van der Waals surface area contributed by atoms with Crippen molar-refractivity contribution in [1.29, 1.82) is 0 Å². The van der Waals surface area contributed by atoms with E-state index in [4.69, 9.17) is 0 Å². The van der Waals surface area contributed by atoms with Crippen LogP contribution in [0.25, 0.3) is 99.0 Å². The largest absolute Gasteiger partial charge is 0.333 e. The number of benzene rings is 9. The Kier molecular flexibility index (Phi) is 6.03. The Morgan fingerprint density at radius 2 is 0.983 bits per heavy atom. The minimum atomic E-state index is -0.130. The Morgan fingerprint density at radius 3 is 1.68 bits per heavy atom. The Labute approximate surface area is 350 Å². The molecule has 0 radical (unpaired) electrons. The van der Waals surface area contributed by atoms with Crippen LogP contribution in [0.1, 0.15) is 72.9 Å². The molecule has 1 aromatic heterocycles. The molecule has 284 valence electrons. The number of rotatable bonds is 3. The van der Waals surface area contributed by atoms with Gasteiger partial charge in [0.05, 0.1) is 11.1 Å². The molecule has 2 heterocycles. The number of hydrogen-bond donors (Lipinski definition) is 0. The van der Waals surface area contributed by atoms with Gasteiger partial charge in [-0.15, -0.1) is 0 Å². The molecule has 2 atom stereocenters. The summed E-state index contributed by atoms with van der Waals surface area (Å²) in [7, 11) is 0. The molecule has 9 aromatic carbocycles. The van der Waals surface area contributed by atoms with Crippen LogP contribution in [0.5, 0.6) is 0 Å². The summed E-state index contributed by atoms with van der Waals surface area (Å²) in [5.74, 6) is 0.687. The lowest BCUT2D eigenvalue weighted by Gasteiger charge is -2.40. The molecule has 60 heavy (non-hydrogen) atoms. The van der Waals surface area contributed by atoms with Gasteiger partial charge in [0.25, 0.3) is 0 Å². The van der Waals surface area contributed by atoms with Gasteiger partial charge in [-0.3, -0.25) is 0 Å². The molecule has 0 spiro atoms. The van der Waals surface area contributed by atoms with Crippen LogP contribution in [0, 0.1) is 6.92 Å². The lowest BCUT2D eigenvalue weighted by atomic mass is 9.72. The third kappa shape index (κ3) is 3.86. The zero-order valence-corrected chi connectivity index (χ0v) is 34.6. The molecule has 0 N–H and O–H groups in total. The first kappa shape index (κ1) is 33.2. The second-order valence-corrected chi connectivity index (χ2v) is 19.3. The number of aryl methyl sites for hydroxylation is 1. The predicted molar refractivity (Wildman–Crippen MR) is 252 cm³/mol. The standard InChI is InChI=1S/C59H43N/c1-32-14-15-37(30-47(32)45-27-22-35-20-25-41-39-10-6-8-12-43(39)55-52(41)50(35)54(45)58(55,2)3)33-16-18-34(19-17-33)38-24-29-49-48(31-38)46-28-23-36-21-26-42-40-11-7-9-13-44(40)56-53(42)51(36)57(46)60(49)59(56,4)5/h6-31,55-56H,1-5H3. The topological polar surface area (TPSA) is 4.93 Å². The van der Waals surface area contributed by atoms with Gasteiger partial charge in [-0.25, -0.2) is 0 Å². The SMILES string of the molecule is Cc1ccc(-c2ccc(-c3ccc4c(c3)c3ccc5ccc6c7c5c3n4C(C)(C)C7c3ccccc3-6)cc2)cc1-c1ccc2ccc3c4c2c1C(C)(C)C4c1ccccc1-3. The van der Waals surface area contributed by atoms with E-state index in [1.807, 2.05) is 0 Å². The first-order valence-electron chi connectivity index (χ1n) is 21.7. The number of fused-ring (bicyclic) bond motifs is 9. The quantitative estimate of drug-likeness (QED) is 0.169. The van der Waals surface area contributed by atoms with Gasteiger partial charge in [-0.05, 0) is 144 Å². The molecule has 0 bridgehead atoms. The highest BCUT2D eigenvalue weighted by atomic mass is 15.1. The molecule has 0 fully saturated rings. The van der Waals surface area contributed by atoms with Crippen molar-refractivity contribution in [1.82, 2.24) is 4.57 Å². The Morgan fingerprint density at radius 1 is 0.433 bits per heavy atom. The number of nitrogens with zero attached hydrogens (tertiary/aromatic N) is 1. The van der Waals surface area contributed by atoms with Crippen LogP contribution in [0.4, 0.5) is 0 Å². The number of hydrogen-bond acceptors (Lipinski definition) is 0. The Hall–Kier alpha value is -6.70. The van der Waals surface area contributed by atoms with Crippen molar-refractivity contribution in [2.24, 2.45) is 0 Å². The fraction of sp³-hybridized carbons (Fsp3) is 0.153. The van der Waals surface area contributed by atoms with Crippen LogP contribution in [-0.4, -0.2) is 4.57 Å². The third-order valence-electron chi connectivity index (χ3n) is 15.6. The van der Waals surface area contributed by atoms with E-state index in [-0.39, 0.29) is 11.0 Å². The second kappa shape index (κ2) is 10.9. The van der Waals surface area contributed by atoms with Crippen LogP contribution in [-0.2, 0) is 11.0 Å². The third-order valence-corrected chi connectivity index (χ3v) is 15.6. The molecule has 3 aliphatic carbocycles. The molecular formula is C59H43N. The first-order valence-corrected chi connectivity index (χ1v) is 21.7. The van der Waals surface area contributed by atoms with E-state index in [1.54, 1.807) is 0 Å². The molecule has 4 aliphatic rings. The predicted octanol–water partition coefficient (Wildman–Crippen LogP) is 15.7. The highest BCUT2D eigenvalue weighted by Crippen LogP contribution is 2.64. The summed E-state index contributed by atoms with van der Waals surface area (Å²) < 4.78 is 2.68.